The van der Waals surface area contributed by atoms with Gasteiger partial charge in [0.2, 0.25) is 0 Å². The largest absolute Gasteiger partial charge is 0.456 e. The summed E-state index contributed by atoms with van der Waals surface area (Å²) in [5, 5.41) is 4.89. The third kappa shape index (κ3) is 2.78. The van der Waals surface area contributed by atoms with Crippen molar-refractivity contribution in [3.63, 3.8) is 0 Å². The van der Waals surface area contributed by atoms with Crippen molar-refractivity contribution in [1.29, 1.82) is 0 Å². The van der Waals surface area contributed by atoms with Gasteiger partial charge in [-0.05, 0) is 75.3 Å². The molecule has 2 nitrogen and oxygen atoms in total. The van der Waals surface area contributed by atoms with E-state index >= 15 is 0 Å². The first-order valence-electron chi connectivity index (χ1n) is 15.6. The van der Waals surface area contributed by atoms with Gasteiger partial charge < -0.3 is 8.98 Å². The van der Waals surface area contributed by atoms with Gasteiger partial charge >= 0.3 is 0 Å². The predicted octanol–water partition coefficient (Wildman–Crippen LogP) is 11.3. The molecular weight excluding hydrogens is 534 g/mol. The fraction of sp³-hybridized carbons (Fsp3) is 0.143. The third-order valence-electron chi connectivity index (χ3n) is 10.8. The van der Waals surface area contributed by atoms with Gasteiger partial charge in [0.25, 0.3) is 0 Å². The second-order valence-electron chi connectivity index (χ2n) is 13.7. The van der Waals surface area contributed by atoms with E-state index in [2.05, 4.69) is 148 Å². The monoisotopic (exact) mass is 565 g/mol. The summed E-state index contributed by atoms with van der Waals surface area (Å²) in [6.45, 7) is 9.37. The molecule has 0 amide bonds. The molecule has 10 rings (SSSR count). The smallest absolute Gasteiger partial charge is 0.136 e. The molecule has 0 saturated carbocycles. The van der Waals surface area contributed by atoms with Crippen LogP contribution < -0.4 is 0 Å². The van der Waals surface area contributed by atoms with Gasteiger partial charge in [-0.25, -0.2) is 0 Å². The Labute approximate surface area is 256 Å². The van der Waals surface area contributed by atoms with E-state index in [0.717, 1.165) is 11.2 Å². The molecule has 2 heterocycles. The maximum Gasteiger partial charge on any atom is 0.136 e. The van der Waals surface area contributed by atoms with Gasteiger partial charge in [0.05, 0.1) is 16.7 Å². The molecule has 0 saturated heterocycles. The molecule has 6 aromatic carbocycles. The summed E-state index contributed by atoms with van der Waals surface area (Å²) in [5.74, 6) is 0. The van der Waals surface area contributed by atoms with Crippen LogP contribution >= 0.6 is 0 Å². The average Bonchev–Trinajstić information content (AvgIpc) is 3.71. The molecule has 8 aromatic rings. The van der Waals surface area contributed by atoms with Gasteiger partial charge in [-0.1, -0.05) is 107 Å². The van der Waals surface area contributed by atoms with Gasteiger partial charge in [0.1, 0.15) is 11.2 Å². The molecule has 0 unspecified atom stereocenters. The maximum atomic E-state index is 6.68. The minimum atomic E-state index is -0.0673. The molecule has 0 fully saturated rings. The molecule has 2 aliphatic carbocycles. The van der Waals surface area contributed by atoms with E-state index in [0.29, 0.717) is 0 Å². The van der Waals surface area contributed by atoms with Crippen LogP contribution in [0.5, 0.6) is 0 Å². The van der Waals surface area contributed by atoms with Gasteiger partial charge in [-0.2, -0.15) is 0 Å². The van der Waals surface area contributed by atoms with Crippen LogP contribution in [0.3, 0.4) is 0 Å². The lowest BCUT2D eigenvalue weighted by molar-refractivity contribution is 0.647. The Bertz CT molecular complexity index is 2550. The van der Waals surface area contributed by atoms with Crippen molar-refractivity contribution in [2.45, 2.75) is 38.5 Å². The highest BCUT2D eigenvalue weighted by Crippen LogP contribution is 2.54. The van der Waals surface area contributed by atoms with Crippen LogP contribution in [-0.2, 0) is 10.8 Å². The number of fused-ring (bicyclic) bond motifs is 13. The molecule has 0 atom stereocenters. The minimum Gasteiger partial charge on any atom is -0.456 e. The van der Waals surface area contributed by atoms with Crippen molar-refractivity contribution < 1.29 is 4.42 Å². The quantitative estimate of drug-likeness (QED) is 0.194. The van der Waals surface area contributed by atoms with E-state index in [-0.39, 0.29) is 10.8 Å². The standard InChI is InChI=1S/C42H31NO/c1-41(2)30-16-9-6-13-25(30)38-31(41)17-11-19-34(38)43-33-18-10-7-14-26(33)39-35(43)20-21-36-40(39)28-22-27-24-12-5-8-15-29(24)42(3,4)32(27)23-37(28)44-36/h5-23H,1-4H3. The highest BCUT2D eigenvalue weighted by Gasteiger charge is 2.38. The SMILES string of the molecule is CC1(C)c2ccccc2-c2cc3c(cc21)oc1ccc2c(c4ccccc4n2-c2cccc4c2-c2ccccc2C4(C)C)c13. The van der Waals surface area contributed by atoms with Gasteiger partial charge in [0, 0.05) is 37.9 Å². The van der Waals surface area contributed by atoms with Gasteiger partial charge in [-0.3, -0.25) is 0 Å². The molecule has 2 heteroatoms. The summed E-state index contributed by atoms with van der Waals surface area (Å²) >= 11 is 0. The van der Waals surface area contributed by atoms with Gasteiger partial charge in [0.15, 0.2) is 0 Å². The number of nitrogens with zero attached hydrogens (tertiary/aromatic N) is 1. The summed E-state index contributed by atoms with van der Waals surface area (Å²) in [4.78, 5) is 0. The van der Waals surface area contributed by atoms with Crippen LogP contribution in [0.25, 0.3) is 71.7 Å². The number of furan rings is 1. The van der Waals surface area contributed by atoms with E-state index in [1.165, 1.54) is 82.8 Å². The van der Waals surface area contributed by atoms with Crippen molar-refractivity contribution in [2.24, 2.45) is 0 Å². The summed E-state index contributed by atoms with van der Waals surface area (Å²) in [6, 6.07) is 42.7. The fourth-order valence-electron chi connectivity index (χ4n) is 8.70. The Kier molecular flexibility index (Phi) is 4.37. The molecule has 0 bridgehead atoms. The Morgan fingerprint density at radius 2 is 1.16 bits per heavy atom. The molecule has 0 aliphatic heterocycles. The van der Waals surface area contributed by atoms with Crippen molar-refractivity contribution in [3.05, 3.63) is 138 Å². The Morgan fingerprint density at radius 1 is 0.477 bits per heavy atom. The Balaban J connectivity index is 1.34. The number of hydrogen-bond donors (Lipinski definition) is 0. The van der Waals surface area contributed by atoms with Crippen LogP contribution in [0.1, 0.15) is 49.9 Å². The van der Waals surface area contributed by atoms with Crippen LogP contribution in [0, 0.1) is 0 Å². The molecular formula is C42H31NO. The summed E-state index contributed by atoms with van der Waals surface area (Å²) in [6.07, 6.45) is 0. The summed E-state index contributed by atoms with van der Waals surface area (Å²) in [5.41, 5.74) is 16.3. The van der Waals surface area contributed by atoms with E-state index in [1.807, 2.05) is 0 Å². The number of benzene rings is 6. The normalized spacial score (nSPS) is 15.6. The highest BCUT2D eigenvalue weighted by molar-refractivity contribution is 6.28. The van der Waals surface area contributed by atoms with E-state index in [1.54, 1.807) is 0 Å². The van der Waals surface area contributed by atoms with Crippen LogP contribution in [0.15, 0.2) is 120 Å². The first kappa shape index (κ1) is 24.4. The lowest BCUT2D eigenvalue weighted by Crippen LogP contribution is -2.14. The average molecular weight is 566 g/mol. The maximum absolute atomic E-state index is 6.68. The van der Waals surface area contributed by atoms with Crippen LogP contribution in [-0.4, -0.2) is 4.57 Å². The first-order chi connectivity index (χ1) is 21.4. The van der Waals surface area contributed by atoms with E-state index in [4.69, 9.17) is 4.42 Å². The number of para-hydroxylation sites is 1. The number of hydrogen-bond acceptors (Lipinski definition) is 1. The van der Waals surface area contributed by atoms with Crippen LogP contribution in [0.2, 0.25) is 0 Å². The van der Waals surface area contributed by atoms with E-state index in [9.17, 15) is 0 Å². The van der Waals surface area contributed by atoms with E-state index < -0.39 is 0 Å². The second-order valence-corrected chi connectivity index (χ2v) is 13.7. The molecule has 0 N–H and O–H groups in total. The molecule has 0 spiro atoms. The number of rotatable bonds is 1. The minimum absolute atomic E-state index is 0.0564. The molecule has 2 aromatic heterocycles. The van der Waals surface area contributed by atoms with Crippen LogP contribution in [0.4, 0.5) is 0 Å². The highest BCUT2D eigenvalue weighted by atomic mass is 16.3. The molecule has 44 heavy (non-hydrogen) atoms. The zero-order valence-corrected chi connectivity index (χ0v) is 25.3. The third-order valence-corrected chi connectivity index (χ3v) is 10.8. The first-order valence-corrected chi connectivity index (χ1v) is 15.6. The second kappa shape index (κ2) is 7.89. The van der Waals surface area contributed by atoms with Crippen molar-refractivity contribution >= 4 is 43.7 Å². The fourth-order valence-corrected chi connectivity index (χ4v) is 8.70. The lowest BCUT2D eigenvalue weighted by Gasteiger charge is -2.21. The topological polar surface area (TPSA) is 18.1 Å². The van der Waals surface area contributed by atoms with Gasteiger partial charge in [-0.15, -0.1) is 0 Å². The van der Waals surface area contributed by atoms with Crippen molar-refractivity contribution in [1.82, 2.24) is 4.57 Å². The van der Waals surface area contributed by atoms with Crippen molar-refractivity contribution in [2.75, 3.05) is 0 Å². The van der Waals surface area contributed by atoms with Crippen molar-refractivity contribution in [3.8, 4) is 27.9 Å². The molecule has 2 aliphatic rings. The Hall–Kier alpha value is -5.08. The number of aromatic nitrogens is 1. The summed E-state index contributed by atoms with van der Waals surface area (Å²) < 4.78 is 9.17. The zero-order valence-electron chi connectivity index (χ0n) is 25.3. The lowest BCUT2D eigenvalue weighted by atomic mass is 9.82. The zero-order chi connectivity index (χ0) is 29.5. The molecule has 0 radical (unpaired) electrons. The predicted molar refractivity (Wildman–Crippen MR) is 183 cm³/mol. The summed E-state index contributed by atoms with van der Waals surface area (Å²) in [7, 11) is 0. The molecule has 210 valence electrons. The Morgan fingerprint density at radius 3 is 2.00 bits per heavy atom.